The molecular formula is C21H24F5N7O2S2. The van der Waals surface area contributed by atoms with Crippen LogP contribution in [0.25, 0.3) is 16.3 Å². The van der Waals surface area contributed by atoms with Gasteiger partial charge in [0.15, 0.2) is 15.7 Å². The smallest absolute Gasteiger partial charge is 0.366 e. The monoisotopic (exact) mass is 565 g/mol. The number of fused-ring (bicyclic) bond motifs is 1. The molecule has 1 saturated heterocycles. The van der Waals surface area contributed by atoms with Gasteiger partial charge in [0.25, 0.3) is 6.43 Å². The lowest BCUT2D eigenvalue weighted by Gasteiger charge is -2.39. The molecule has 1 aliphatic carbocycles. The Morgan fingerprint density at radius 2 is 1.81 bits per heavy atom. The molecule has 2 aliphatic rings. The summed E-state index contributed by atoms with van der Waals surface area (Å²) in [5.74, 6) is 0. The van der Waals surface area contributed by atoms with E-state index in [9.17, 15) is 30.4 Å². The summed E-state index contributed by atoms with van der Waals surface area (Å²) in [6.07, 6.45) is -3.04. The first-order chi connectivity index (χ1) is 17.3. The SMILES string of the molecule is CC(N1CCN(c2cc(S(=O)(=O)NC3(C)CC3)cn3c(-c4nnc(C(F)F)s4)cnc23)CC1)C(F)(F)F. The molecule has 5 rings (SSSR count). The second-order valence-electron chi connectivity index (χ2n) is 9.55. The fourth-order valence-electron chi connectivity index (χ4n) is 4.24. The highest BCUT2D eigenvalue weighted by Gasteiger charge is 2.42. The predicted molar refractivity (Wildman–Crippen MR) is 126 cm³/mol. The summed E-state index contributed by atoms with van der Waals surface area (Å²) in [5.41, 5.74) is 0.474. The number of rotatable bonds is 7. The third-order valence-electron chi connectivity index (χ3n) is 6.78. The van der Waals surface area contributed by atoms with Crippen molar-refractivity contribution in [3.05, 3.63) is 23.5 Å². The van der Waals surface area contributed by atoms with Crippen LogP contribution in [0.2, 0.25) is 0 Å². The number of imidazole rings is 1. The minimum atomic E-state index is -4.36. The molecule has 0 bridgehead atoms. The summed E-state index contributed by atoms with van der Waals surface area (Å²) in [7, 11) is -3.97. The van der Waals surface area contributed by atoms with Crippen LogP contribution >= 0.6 is 11.3 Å². The first-order valence-electron chi connectivity index (χ1n) is 11.5. The predicted octanol–water partition coefficient (Wildman–Crippen LogP) is 3.69. The lowest BCUT2D eigenvalue weighted by Crippen LogP contribution is -2.53. The molecule has 1 aliphatic heterocycles. The highest BCUT2D eigenvalue weighted by molar-refractivity contribution is 7.89. The van der Waals surface area contributed by atoms with Crippen molar-refractivity contribution < 1.29 is 30.4 Å². The van der Waals surface area contributed by atoms with Crippen LogP contribution in [0.1, 0.15) is 38.1 Å². The van der Waals surface area contributed by atoms with Crippen LogP contribution < -0.4 is 9.62 Å². The van der Waals surface area contributed by atoms with Crippen LogP contribution in [-0.2, 0) is 10.0 Å². The Kier molecular flexibility index (Phi) is 6.44. The van der Waals surface area contributed by atoms with Gasteiger partial charge in [0.2, 0.25) is 10.0 Å². The molecule has 2 fully saturated rings. The molecule has 3 aromatic rings. The molecule has 1 atom stereocenters. The van der Waals surface area contributed by atoms with Gasteiger partial charge in [-0.05, 0) is 32.8 Å². The third kappa shape index (κ3) is 5.15. The summed E-state index contributed by atoms with van der Waals surface area (Å²) in [4.78, 5) is 7.43. The molecule has 9 nitrogen and oxygen atoms in total. The number of halogens is 5. The van der Waals surface area contributed by atoms with Gasteiger partial charge in [-0.25, -0.2) is 26.9 Å². The standard InChI is InChI=1S/C21H24F5N7O2S2/c1-12(21(24,25)26)31-5-7-32(8-6-31)14-9-13(37(34,35)30-20(2)3-4-20)11-33-15(10-27-17(14)33)18-28-29-19(36-18)16(22)23/h9-12,16,30H,3-8H2,1-2H3. The number of pyridine rings is 1. The van der Waals surface area contributed by atoms with E-state index in [4.69, 9.17) is 0 Å². The van der Waals surface area contributed by atoms with Crippen molar-refractivity contribution in [3.8, 4) is 10.7 Å². The molecule has 16 heteroatoms. The summed E-state index contributed by atoms with van der Waals surface area (Å²) >= 11 is 0.669. The quantitative estimate of drug-likeness (QED) is 0.437. The van der Waals surface area contributed by atoms with Crippen molar-refractivity contribution in [2.24, 2.45) is 0 Å². The number of sulfonamides is 1. The molecule has 37 heavy (non-hydrogen) atoms. The first-order valence-corrected chi connectivity index (χ1v) is 13.8. The third-order valence-corrected chi connectivity index (χ3v) is 9.33. The van der Waals surface area contributed by atoms with Crippen LogP contribution in [0.4, 0.5) is 27.6 Å². The van der Waals surface area contributed by atoms with Crippen molar-refractivity contribution in [1.82, 2.24) is 29.2 Å². The Bertz CT molecular complexity index is 1410. The minimum Gasteiger partial charge on any atom is -0.366 e. The average Bonchev–Trinajstić information content (AvgIpc) is 3.22. The molecule has 4 heterocycles. The number of hydrogen-bond acceptors (Lipinski definition) is 8. The molecule has 0 aromatic carbocycles. The van der Waals surface area contributed by atoms with Crippen LogP contribution in [0, 0.1) is 0 Å². The number of piperazine rings is 1. The van der Waals surface area contributed by atoms with E-state index < -0.39 is 39.2 Å². The van der Waals surface area contributed by atoms with Gasteiger partial charge in [0, 0.05) is 37.9 Å². The molecule has 0 radical (unpaired) electrons. The Labute approximate surface area is 213 Å². The van der Waals surface area contributed by atoms with Gasteiger partial charge >= 0.3 is 6.18 Å². The molecule has 202 valence electrons. The van der Waals surface area contributed by atoms with E-state index in [1.165, 1.54) is 27.8 Å². The molecule has 3 aromatic heterocycles. The van der Waals surface area contributed by atoms with E-state index >= 15 is 0 Å². The average molecular weight is 566 g/mol. The van der Waals surface area contributed by atoms with Crippen molar-refractivity contribution in [2.75, 3.05) is 31.1 Å². The minimum absolute atomic E-state index is 0.0768. The zero-order valence-electron chi connectivity index (χ0n) is 19.8. The maximum Gasteiger partial charge on any atom is 0.403 e. The molecular weight excluding hydrogens is 541 g/mol. The number of nitrogens with one attached hydrogen (secondary N) is 1. The van der Waals surface area contributed by atoms with Gasteiger partial charge < -0.3 is 4.90 Å². The fourth-order valence-corrected chi connectivity index (χ4v) is 6.43. The summed E-state index contributed by atoms with van der Waals surface area (Å²) < 4.78 is 96.5. The maximum atomic E-state index is 13.3. The fraction of sp³-hybridized carbons (Fsp3) is 0.571. The van der Waals surface area contributed by atoms with E-state index in [2.05, 4.69) is 19.9 Å². The van der Waals surface area contributed by atoms with E-state index in [-0.39, 0.29) is 41.8 Å². The maximum absolute atomic E-state index is 13.3. The second kappa shape index (κ2) is 9.10. The first kappa shape index (κ1) is 26.2. The second-order valence-corrected chi connectivity index (χ2v) is 12.2. The summed E-state index contributed by atoms with van der Waals surface area (Å²) in [6, 6.07) is -0.155. The summed E-state index contributed by atoms with van der Waals surface area (Å²) in [5, 5.41) is 6.98. The van der Waals surface area contributed by atoms with Crippen LogP contribution in [0.3, 0.4) is 0 Å². The summed E-state index contributed by atoms with van der Waals surface area (Å²) in [6.45, 7) is 3.55. The lowest BCUT2D eigenvalue weighted by molar-refractivity contribution is -0.179. The van der Waals surface area contributed by atoms with Gasteiger partial charge in [0.1, 0.15) is 16.6 Å². The van der Waals surface area contributed by atoms with Crippen molar-refractivity contribution in [3.63, 3.8) is 0 Å². The molecule has 1 N–H and O–H groups in total. The van der Waals surface area contributed by atoms with Gasteiger partial charge in [-0.2, -0.15) is 13.2 Å². The van der Waals surface area contributed by atoms with Crippen molar-refractivity contribution in [2.45, 2.75) is 55.8 Å². The number of alkyl halides is 5. The lowest BCUT2D eigenvalue weighted by atomic mass is 10.2. The van der Waals surface area contributed by atoms with E-state index in [0.29, 0.717) is 35.5 Å². The van der Waals surface area contributed by atoms with Gasteiger partial charge in [0.05, 0.1) is 11.9 Å². The highest BCUT2D eigenvalue weighted by atomic mass is 32.2. The zero-order valence-corrected chi connectivity index (χ0v) is 21.5. The molecule has 1 saturated carbocycles. The van der Waals surface area contributed by atoms with Crippen LogP contribution in [-0.4, -0.2) is 76.8 Å². The molecule has 0 spiro atoms. The Hall–Kier alpha value is -2.43. The van der Waals surface area contributed by atoms with E-state index in [1.807, 2.05) is 0 Å². The number of aromatic nitrogens is 4. The van der Waals surface area contributed by atoms with Crippen LogP contribution in [0.5, 0.6) is 0 Å². The van der Waals surface area contributed by atoms with Gasteiger partial charge in [-0.3, -0.25) is 9.30 Å². The molecule has 0 amide bonds. The zero-order chi connectivity index (χ0) is 26.8. The number of anilines is 1. The van der Waals surface area contributed by atoms with Crippen molar-refractivity contribution >= 4 is 32.7 Å². The van der Waals surface area contributed by atoms with E-state index in [0.717, 1.165) is 6.92 Å². The van der Waals surface area contributed by atoms with Crippen LogP contribution in [0.15, 0.2) is 23.4 Å². The Morgan fingerprint density at radius 3 is 2.38 bits per heavy atom. The highest BCUT2D eigenvalue weighted by Crippen LogP contribution is 2.38. The van der Waals surface area contributed by atoms with E-state index in [1.54, 1.807) is 11.8 Å². The largest absolute Gasteiger partial charge is 0.403 e. The normalized spacial score (nSPS) is 19.6. The molecule has 1 unspecified atom stereocenters. The number of hydrogen-bond donors (Lipinski definition) is 1. The van der Waals surface area contributed by atoms with Crippen molar-refractivity contribution in [1.29, 1.82) is 0 Å². The Balaban J connectivity index is 1.55. The van der Waals surface area contributed by atoms with Gasteiger partial charge in [-0.1, -0.05) is 11.3 Å². The Morgan fingerprint density at radius 1 is 1.14 bits per heavy atom. The van der Waals surface area contributed by atoms with Gasteiger partial charge in [-0.15, -0.1) is 10.2 Å². The topological polar surface area (TPSA) is 95.7 Å². The number of nitrogens with zero attached hydrogens (tertiary/aromatic N) is 6.